The zero-order chi connectivity index (χ0) is 18.4. The zero-order valence-electron chi connectivity index (χ0n) is 15.5. The molecule has 144 valence electrons. The van der Waals surface area contributed by atoms with Crippen molar-refractivity contribution in [2.24, 2.45) is 10.9 Å². The third kappa shape index (κ3) is 5.85. The van der Waals surface area contributed by atoms with E-state index < -0.39 is 10.0 Å². The lowest BCUT2D eigenvalue weighted by molar-refractivity contribution is -0.129. The molecule has 2 fully saturated rings. The van der Waals surface area contributed by atoms with Crippen molar-refractivity contribution in [3.05, 3.63) is 0 Å². The molecule has 25 heavy (non-hydrogen) atoms. The Kier molecular flexibility index (Phi) is 7.06. The predicted molar refractivity (Wildman–Crippen MR) is 98.9 cm³/mol. The molecule has 2 aliphatic rings. The van der Waals surface area contributed by atoms with Gasteiger partial charge < -0.3 is 15.5 Å². The highest BCUT2D eigenvalue weighted by molar-refractivity contribution is 7.88. The van der Waals surface area contributed by atoms with Crippen LogP contribution in [-0.4, -0.2) is 81.6 Å². The van der Waals surface area contributed by atoms with E-state index >= 15 is 0 Å². The van der Waals surface area contributed by atoms with E-state index in [1.54, 1.807) is 11.4 Å². The zero-order valence-corrected chi connectivity index (χ0v) is 16.3. The Morgan fingerprint density at radius 3 is 2.44 bits per heavy atom. The summed E-state index contributed by atoms with van der Waals surface area (Å²) < 4.78 is 24.6. The maximum Gasteiger partial charge on any atom is 0.222 e. The highest BCUT2D eigenvalue weighted by Gasteiger charge is 2.27. The monoisotopic (exact) mass is 373 g/mol. The second-order valence-electron chi connectivity index (χ2n) is 6.88. The Hall–Kier alpha value is -1.35. The number of hydrogen-bond acceptors (Lipinski definition) is 4. The van der Waals surface area contributed by atoms with Crippen LogP contribution in [0.1, 0.15) is 32.6 Å². The molecule has 2 rings (SSSR count). The third-order valence-electron chi connectivity index (χ3n) is 5.01. The van der Waals surface area contributed by atoms with E-state index in [0.29, 0.717) is 25.4 Å². The number of nitrogens with zero attached hydrogens (tertiary/aromatic N) is 3. The number of aliphatic imine (C=N–C) groups is 1. The van der Waals surface area contributed by atoms with Gasteiger partial charge in [-0.1, -0.05) is 6.92 Å². The summed E-state index contributed by atoms with van der Waals surface area (Å²) in [5.41, 5.74) is 0. The SMILES string of the molecule is CCC(=O)N1CCC(NC(=NC)NCC2CCN(S(C)(=O)=O)CC2)C1. The molecule has 2 N–H and O–H groups in total. The minimum Gasteiger partial charge on any atom is -0.356 e. The van der Waals surface area contributed by atoms with Crippen molar-refractivity contribution < 1.29 is 13.2 Å². The Labute approximate surface area is 151 Å². The normalized spacial score (nSPS) is 23.7. The molecule has 0 saturated carbocycles. The van der Waals surface area contributed by atoms with Crippen molar-refractivity contribution in [3.8, 4) is 0 Å². The summed E-state index contributed by atoms with van der Waals surface area (Å²) in [7, 11) is -1.33. The lowest BCUT2D eigenvalue weighted by Gasteiger charge is -2.30. The Morgan fingerprint density at radius 1 is 1.20 bits per heavy atom. The van der Waals surface area contributed by atoms with Gasteiger partial charge in [0.2, 0.25) is 15.9 Å². The minimum atomic E-state index is -3.07. The molecule has 0 spiro atoms. The molecule has 1 unspecified atom stereocenters. The van der Waals surface area contributed by atoms with Gasteiger partial charge in [-0.3, -0.25) is 9.79 Å². The third-order valence-corrected chi connectivity index (χ3v) is 6.31. The van der Waals surface area contributed by atoms with Gasteiger partial charge in [0.25, 0.3) is 0 Å². The van der Waals surface area contributed by atoms with E-state index in [0.717, 1.165) is 44.9 Å². The number of piperidine rings is 1. The summed E-state index contributed by atoms with van der Waals surface area (Å²) in [4.78, 5) is 17.9. The number of guanidine groups is 1. The number of rotatable bonds is 5. The van der Waals surface area contributed by atoms with Crippen LogP contribution in [-0.2, 0) is 14.8 Å². The highest BCUT2D eigenvalue weighted by atomic mass is 32.2. The average Bonchev–Trinajstić information content (AvgIpc) is 3.06. The summed E-state index contributed by atoms with van der Waals surface area (Å²) in [6, 6.07) is 0.230. The first-order valence-corrected chi connectivity index (χ1v) is 10.9. The van der Waals surface area contributed by atoms with Gasteiger partial charge in [-0.15, -0.1) is 0 Å². The minimum absolute atomic E-state index is 0.199. The van der Waals surface area contributed by atoms with E-state index in [1.165, 1.54) is 6.26 Å². The fourth-order valence-corrected chi connectivity index (χ4v) is 4.28. The van der Waals surface area contributed by atoms with E-state index in [-0.39, 0.29) is 11.9 Å². The predicted octanol–water partition coefficient (Wildman–Crippen LogP) is -0.166. The van der Waals surface area contributed by atoms with Crippen LogP contribution in [0.25, 0.3) is 0 Å². The molecule has 1 amide bonds. The molecule has 1 atom stereocenters. The number of nitrogens with one attached hydrogen (secondary N) is 2. The molecule has 2 heterocycles. The van der Waals surface area contributed by atoms with Crippen LogP contribution in [0, 0.1) is 5.92 Å². The van der Waals surface area contributed by atoms with Crippen molar-refractivity contribution in [2.75, 3.05) is 46.0 Å². The lowest BCUT2D eigenvalue weighted by atomic mass is 9.98. The van der Waals surface area contributed by atoms with Gasteiger partial charge in [0.05, 0.1) is 6.26 Å². The van der Waals surface area contributed by atoms with Crippen molar-refractivity contribution in [1.82, 2.24) is 19.8 Å². The van der Waals surface area contributed by atoms with Crippen LogP contribution in [0.3, 0.4) is 0 Å². The summed E-state index contributed by atoms with van der Waals surface area (Å²) in [5, 5.41) is 6.73. The number of sulfonamides is 1. The van der Waals surface area contributed by atoms with Gasteiger partial charge in [-0.05, 0) is 25.2 Å². The van der Waals surface area contributed by atoms with Crippen LogP contribution in [0.5, 0.6) is 0 Å². The van der Waals surface area contributed by atoms with E-state index in [1.807, 2.05) is 11.8 Å². The molecule has 0 aliphatic carbocycles. The molecule has 8 nitrogen and oxygen atoms in total. The summed E-state index contributed by atoms with van der Waals surface area (Å²) in [6.45, 7) is 5.37. The largest absolute Gasteiger partial charge is 0.356 e. The van der Waals surface area contributed by atoms with Crippen molar-refractivity contribution in [3.63, 3.8) is 0 Å². The van der Waals surface area contributed by atoms with Crippen molar-refractivity contribution in [1.29, 1.82) is 0 Å². The van der Waals surface area contributed by atoms with Crippen LogP contribution >= 0.6 is 0 Å². The maximum atomic E-state index is 11.7. The van der Waals surface area contributed by atoms with Gasteiger partial charge in [-0.2, -0.15) is 0 Å². The Bertz CT molecular complexity index is 585. The van der Waals surface area contributed by atoms with Crippen LogP contribution < -0.4 is 10.6 Å². The second-order valence-corrected chi connectivity index (χ2v) is 8.86. The Balaban J connectivity index is 1.72. The van der Waals surface area contributed by atoms with Gasteiger partial charge >= 0.3 is 0 Å². The van der Waals surface area contributed by atoms with Gasteiger partial charge in [0.1, 0.15) is 0 Å². The van der Waals surface area contributed by atoms with E-state index in [2.05, 4.69) is 15.6 Å². The lowest BCUT2D eigenvalue weighted by Crippen LogP contribution is -2.47. The maximum absolute atomic E-state index is 11.7. The highest BCUT2D eigenvalue weighted by Crippen LogP contribution is 2.18. The Morgan fingerprint density at radius 2 is 1.88 bits per heavy atom. The van der Waals surface area contributed by atoms with Crippen LogP contribution in [0.4, 0.5) is 0 Å². The fourth-order valence-electron chi connectivity index (χ4n) is 3.40. The van der Waals surface area contributed by atoms with Gasteiger partial charge in [0.15, 0.2) is 5.96 Å². The number of amides is 1. The molecule has 2 saturated heterocycles. The van der Waals surface area contributed by atoms with Crippen LogP contribution in [0.15, 0.2) is 4.99 Å². The molecule has 2 aliphatic heterocycles. The fraction of sp³-hybridized carbons (Fsp3) is 0.875. The molecular formula is C16H31N5O3S. The second kappa shape index (κ2) is 8.84. The molecule has 0 aromatic carbocycles. The average molecular weight is 374 g/mol. The van der Waals surface area contributed by atoms with Gasteiger partial charge in [-0.25, -0.2) is 12.7 Å². The van der Waals surface area contributed by atoms with E-state index in [4.69, 9.17) is 0 Å². The number of carbonyl (C=O) groups is 1. The molecule has 0 bridgehead atoms. The summed E-state index contributed by atoms with van der Waals surface area (Å²) in [6.07, 6.45) is 4.47. The summed E-state index contributed by atoms with van der Waals surface area (Å²) in [5.74, 6) is 1.39. The van der Waals surface area contributed by atoms with Gasteiger partial charge in [0, 0.05) is 52.2 Å². The molecular weight excluding hydrogens is 342 g/mol. The smallest absolute Gasteiger partial charge is 0.222 e. The number of carbonyl (C=O) groups excluding carboxylic acids is 1. The molecule has 9 heteroatoms. The molecule has 0 aromatic rings. The molecule has 0 aromatic heterocycles. The van der Waals surface area contributed by atoms with Crippen molar-refractivity contribution >= 4 is 21.9 Å². The first-order chi connectivity index (χ1) is 11.8. The standard InChI is InChI=1S/C16H31N5O3S/c1-4-15(22)20-8-7-14(12-20)19-16(17-2)18-11-13-5-9-21(10-6-13)25(3,23)24/h13-14H,4-12H2,1-3H3,(H2,17,18,19). The number of hydrogen-bond donors (Lipinski definition) is 2. The first-order valence-electron chi connectivity index (χ1n) is 9.03. The van der Waals surface area contributed by atoms with Crippen LogP contribution in [0.2, 0.25) is 0 Å². The quantitative estimate of drug-likeness (QED) is 0.516. The number of likely N-dealkylation sites (tertiary alicyclic amines) is 1. The topological polar surface area (TPSA) is 94.1 Å². The van der Waals surface area contributed by atoms with Crippen molar-refractivity contribution in [2.45, 2.75) is 38.6 Å². The first kappa shape index (κ1) is 20.0. The van der Waals surface area contributed by atoms with E-state index in [9.17, 15) is 13.2 Å². The summed E-state index contributed by atoms with van der Waals surface area (Å²) >= 11 is 0. The molecule has 0 radical (unpaired) electrons.